The monoisotopic (exact) mass is 252 g/mol. The van der Waals surface area contributed by atoms with Crippen molar-refractivity contribution in [1.82, 2.24) is 0 Å². The van der Waals surface area contributed by atoms with Gasteiger partial charge in [0.05, 0.1) is 5.69 Å². The molecule has 2 atom stereocenters. The van der Waals surface area contributed by atoms with E-state index in [4.69, 9.17) is 10.5 Å². The molecule has 1 saturated heterocycles. The highest BCUT2D eigenvalue weighted by atomic mass is 19.1. The molecule has 0 bridgehead atoms. The molecule has 1 heterocycles. The number of nitrogens with two attached hydrogens (primary N) is 1. The third-order valence-corrected chi connectivity index (χ3v) is 3.35. The van der Waals surface area contributed by atoms with Crippen LogP contribution in [0.5, 0.6) is 0 Å². The standard InChI is InChI=1S/C13H17FN2O2/c1-7-5-6-18-12(7)13(17)16-11-8(2)10(15)4-3-9(11)14/h3-4,7,12H,5-6,15H2,1-2H3,(H,16,17). The fourth-order valence-corrected chi connectivity index (χ4v) is 2.07. The second kappa shape index (κ2) is 4.94. The Kier molecular flexibility index (Phi) is 3.52. The molecule has 1 aromatic carbocycles. The number of anilines is 2. The maximum atomic E-state index is 13.7. The molecule has 2 unspecified atom stereocenters. The summed E-state index contributed by atoms with van der Waals surface area (Å²) < 4.78 is 19.0. The Bertz CT molecular complexity index is 476. The Labute approximate surface area is 105 Å². The van der Waals surface area contributed by atoms with Crippen molar-refractivity contribution in [2.45, 2.75) is 26.4 Å². The minimum Gasteiger partial charge on any atom is -0.398 e. The SMILES string of the molecule is Cc1c(N)ccc(F)c1NC(=O)C1OCCC1C. The minimum atomic E-state index is -0.509. The molecule has 0 radical (unpaired) electrons. The van der Waals surface area contributed by atoms with Crippen LogP contribution < -0.4 is 11.1 Å². The molecule has 1 amide bonds. The normalized spacial score (nSPS) is 23.1. The van der Waals surface area contributed by atoms with E-state index in [1.807, 2.05) is 6.92 Å². The van der Waals surface area contributed by atoms with Crippen LogP contribution in [-0.2, 0) is 9.53 Å². The summed E-state index contributed by atoms with van der Waals surface area (Å²) in [6.07, 6.45) is 0.335. The third kappa shape index (κ3) is 2.31. The van der Waals surface area contributed by atoms with Crippen LogP contribution >= 0.6 is 0 Å². The summed E-state index contributed by atoms with van der Waals surface area (Å²) in [6.45, 7) is 4.18. The summed E-state index contributed by atoms with van der Waals surface area (Å²) >= 11 is 0. The van der Waals surface area contributed by atoms with E-state index in [0.29, 0.717) is 17.9 Å². The Morgan fingerprint density at radius 1 is 1.56 bits per heavy atom. The van der Waals surface area contributed by atoms with E-state index < -0.39 is 11.9 Å². The van der Waals surface area contributed by atoms with Gasteiger partial charge in [-0.3, -0.25) is 4.79 Å². The van der Waals surface area contributed by atoms with Crippen molar-refractivity contribution in [3.8, 4) is 0 Å². The quantitative estimate of drug-likeness (QED) is 0.792. The number of halogens is 1. The summed E-state index contributed by atoms with van der Waals surface area (Å²) in [4.78, 5) is 12.0. The molecule has 98 valence electrons. The highest BCUT2D eigenvalue weighted by molar-refractivity contribution is 5.96. The van der Waals surface area contributed by atoms with Gasteiger partial charge in [-0.1, -0.05) is 6.92 Å². The number of nitrogen functional groups attached to an aromatic ring is 1. The van der Waals surface area contributed by atoms with Gasteiger partial charge in [-0.15, -0.1) is 0 Å². The average Bonchev–Trinajstić information content (AvgIpc) is 2.76. The smallest absolute Gasteiger partial charge is 0.253 e. The molecule has 3 N–H and O–H groups in total. The van der Waals surface area contributed by atoms with Crippen LogP contribution in [-0.4, -0.2) is 18.6 Å². The van der Waals surface area contributed by atoms with Crippen LogP contribution in [0.2, 0.25) is 0 Å². The lowest BCUT2D eigenvalue weighted by molar-refractivity contribution is -0.126. The number of benzene rings is 1. The van der Waals surface area contributed by atoms with Gasteiger partial charge in [0, 0.05) is 12.3 Å². The summed E-state index contributed by atoms with van der Waals surface area (Å²) in [7, 11) is 0. The first-order chi connectivity index (χ1) is 8.50. The number of ether oxygens (including phenoxy) is 1. The van der Waals surface area contributed by atoms with Gasteiger partial charge >= 0.3 is 0 Å². The van der Waals surface area contributed by atoms with E-state index in [2.05, 4.69) is 5.32 Å². The molecule has 4 nitrogen and oxygen atoms in total. The number of carbonyl (C=O) groups is 1. The van der Waals surface area contributed by atoms with Gasteiger partial charge in [0.25, 0.3) is 5.91 Å². The van der Waals surface area contributed by atoms with E-state index >= 15 is 0 Å². The maximum Gasteiger partial charge on any atom is 0.253 e. The number of carbonyl (C=O) groups excluding carboxylic acids is 1. The van der Waals surface area contributed by atoms with Crippen molar-refractivity contribution >= 4 is 17.3 Å². The lowest BCUT2D eigenvalue weighted by atomic mass is 10.0. The largest absolute Gasteiger partial charge is 0.398 e. The van der Waals surface area contributed by atoms with Gasteiger partial charge in [0.2, 0.25) is 0 Å². The molecule has 0 aromatic heterocycles. The number of rotatable bonds is 2. The molecule has 1 aliphatic heterocycles. The fourth-order valence-electron chi connectivity index (χ4n) is 2.07. The van der Waals surface area contributed by atoms with E-state index in [1.54, 1.807) is 6.92 Å². The van der Waals surface area contributed by atoms with E-state index in [1.165, 1.54) is 12.1 Å². The van der Waals surface area contributed by atoms with Crippen LogP contribution in [0.25, 0.3) is 0 Å². The molecule has 5 heteroatoms. The van der Waals surface area contributed by atoms with E-state index in [-0.39, 0.29) is 17.5 Å². The number of amides is 1. The lowest BCUT2D eigenvalue weighted by Crippen LogP contribution is -2.31. The van der Waals surface area contributed by atoms with Crippen molar-refractivity contribution in [3.05, 3.63) is 23.5 Å². The molecule has 1 aromatic rings. The topological polar surface area (TPSA) is 64.3 Å². The summed E-state index contributed by atoms with van der Waals surface area (Å²) in [5, 5.41) is 2.57. The van der Waals surface area contributed by atoms with Crippen molar-refractivity contribution in [2.75, 3.05) is 17.7 Å². The fraction of sp³-hybridized carbons (Fsp3) is 0.462. The highest BCUT2D eigenvalue weighted by Gasteiger charge is 2.31. The zero-order chi connectivity index (χ0) is 13.3. The molecule has 0 spiro atoms. The molecule has 1 fully saturated rings. The number of hydrogen-bond acceptors (Lipinski definition) is 3. The van der Waals surface area contributed by atoms with Crippen molar-refractivity contribution in [1.29, 1.82) is 0 Å². The summed E-state index contributed by atoms with van der Waals surface area (Å²) in [6, 6.07) is 2.73. The van der Waals surface area contributed by atoms with Crippen molar-refractivity contribution < 1.29 is 13.9 Å². The van der Waals surface area contributed by atoms with Crippen molar-refractivity contribution in [3.63, 3.8) is 0 Å². The minimum absolute atomic E-state index is 0.141. The molecule has 1 aliphatic rings. The van der Waals surface area contributed by atoms with Crippen molar-refractivity contribution in [2.24, 2.45) is 5.92 Å². The highest BCUT2D eigenvalue weighted by Crippen LogP contribution is 2.27. The van der Waals surface area contributed by atoms with Crippen LogP contribution in [0.4, 0.5) is 15.8 Å². The van der Waals surface area contributed by atoms with Crippen LogP contribution in [0, 0.1) is 18.7 Å². The zero-order valence-electron chi connectivity index (χ0n) is 10.5. The first-order valence-corrected chi connectivity index (χ1v) is 5.97. The molecular weight excluding hydrogens is 235 g/mol. The third-order valence-electron chi connectivity index (χ3n) is 3.35. The summed E-state index contributed by atoms with van der Waals surface area (Å²) in [5.41, 5.74) is 6.83. The van der Waals surface area contributed by atoms with Gasteiger partial charge in [0.1, 0.15) is 11.9 Å². The van der Waals surface area contributed by atoms with Gasteiger partial charge < -0.3 is 15.8 Å². The Morgan fingerprint density at radius 2 is 2.28 bits per heavy atom. The molecule has 18 heavy (non-hydrogen) atoms. The molecular formula is C13H17FN2O2. The molecule has 2 rings (SSSR count). The molecule has 0 aliphatic carbocycles. The van der Waals surface area contributed by atoms with Crippen LogP contribution in [0.3, 0.4) is 0 Å². The predicted octanol–water partition coefficient (Wildman–Crippen LogP) is 2.08. The van der Waals surface area contributed by atoms with E-state index in [9.17, 15) is 9.18 Å². The second-order valence-electron chi connectivity index (χ2n) is 4.68. The van der Waals surface area contributed by atoms with Crippen LogP contribution in [0.1, 0.15) is 18.9 Å². The van der Waals surface area contributed by atoms with Crippen LogP contribution in [0.15, 0.2) is 12.1 Å². The Hall–Kier alpha value is -1.62. The second-order valence-corrected chi connectivity index (χ2v) is 4.68. The number of nitrogens with one attached hydrogen (secondary N) is 1. The Morgan fingerprint density at radius 3 is 2.89 bits per heavy atom. The molecule has 0 saturated carbocycles. The first-order valence-electron chi connectivity index (χ1n) is 5.97. The zero-order valence-corrected chi connectivity index (χ0v) is 10.5. The first kappa shape index (κ1) is 12.8. The number of hydrogen-bond donors (Lipinski definition) is 2. The lowest BCUT2D eigenvalue weighted by Gasteiger charge is -2.16. The van der Waals surface area contributed by atoms with E-state index in [0.717, 1.165) is 6.42 Å². The van der Waals surface area contributed by atoms with Gasteiger partial charge in [0.15, 0.2) is 0 Å². The van der Waals surface area contributed by atoms with Gasteiger partial charge in [-0.2, -0.15) is 0 Å². The van der Waals surface area contributed by atoms with Gasteiger partial charge in [-0.05, 0) is 37.0 Å². The maximum absolute atomic E-state index is 13.7. The summed E-state index contributed by atoms with van der Waals surface area (Å²) in [5.74, 6) is -0.650. The van der Waals surface area contributed by atoms with Gasteiger partial charge in [-0.25, -0.2) is 4.39 Å². The predicted molar refractivity (Wildman–Crippen MR) is 67.7 cm³/mol. The Balaban J connectivity index is 2.19. The average molecular weight is 252 g/mol.